The zero-order chi connectivity index (χ0) is 29.1. The summed E-state index contributed by atoms with van der Waals surface area (Å²) in [6.07, 6.45) is 2.00. The number of benzene rings is 2. The molecule has 5 rings (SSSR count). The van der Waals surface area contributed by atoms with Crippen LogP contribution in [0.1, 0.15) is 48.0 Å². The Hall–Kier alpha value is -2.81. The fourth-order valence-electron chi connectivity index (χ4n) is 6.36. The van der Waals surface area contributed by atoms with E-state index in [4.69, 9.17) is 27.9 Å². The van der Waals surface area contributed by atoms with Gasteiger partial charge in [-0.15, -0.1) is 0 Å². The molecule has 10 heteroatoms. The van der Waals surface area contributed by atoms with E-state index in [0.717, 1.165) is 24.3 Å². The molecule has 3 saturated heterocycles. The van der Waals surface area contributed by atoms with Crippen molar-refractivity contribution in [2.75, 3.05) is 64.4 Å². The van der Waals surface area contributed by atoms with E-state index in [2.05, 4.69) is 4.90 Å². The van der Waals surface area contributed by atoms with Crippen molar-refractivity contribution >= 4 is 46.6 Å². The van der Waals surface area contributed by atoms with Gasteiger partial charge in [-0.05, 0) is 61.2 Å². The third-order valence-electron chi connectivity index (χ3n) is 8.86. The van der Waals surface area contributed by atoms with Crippen LogP contribution in [-0.2, 0) is 14.3 Å². The van der Waals surface area contributed by atoms with Gasteiger partial charge < -0.3 is 24.3 Å². The molecule has 1 unspecified atom stereocenters. The summed E-state index contributed by atoms with van der Waals surface area (Å²) in [6, 6.07) is 13.2. The summed E-state index contributed by atoms with van der Waals surface area (Å²) in [5.74, 6) is -0.0866. The van der Waals surface area contributed by atoms with E-state index in [-0.39, 0.29) is 35.6 Å². The number of rotatable bonds is 5. The number of hydrogen-bond acceptors (Lipinski definition) is 5. The number of carbonyl (C=O) groups excluding carboxylic acids is 3. The second-order valence-electron chi connectivity index (χ2n) is 11.3. The third-order valence-corrected chi connectivity index (χ3v) is 9.60. The standard InChI is InChI=1S/C31H38Cl2N4O4/c1-21(38)35-12-9-23(10-13-35)31(40)37-14-11-29(26(20-37)24-5-8-27(32)28(33)19-24)34(2)30(39)22-3-6-25(7-4-22)36-15-17-41-18-16-36/h3-8,19,23,26,29H,9-18,20H2,1-2H3/t26-,29?/m0/s1. The normalized spacial score (nSPS) is 22.0. The molecule has 2 aromatic rings. The van der Waals surface area contributed by atoms with Gasteiger partial charge in [0.2, 0.25) is 11.8 Å². The van der Waals surface area contributed by atoms with Crippen LogP contribution in [0.4, 0.5) is 5.69 Å². The Kier molecular flexibility index (Phi) is 9.42. The number of morpholine rings is 1. The minimum Gasteiger partial charge on any atom is -0.378 e. The first-order valence-electron chi connectivity index (χ1n) is 14.4. The molecular weight excluding hydrogens is 563 g/mol. The van der Waals surface area contributed by atoms with E-state index in [1.807, 2.05) is 58.1 Å². The molecule has 0 N–H and O–H groups in total. The maximum Gasteiger partial charge on any atom is 0.253 e. The zero-order valence-corrected chi connectivity index (χ0v) is 25.2. The van der Waals surface area contributed by atoms with Gasteiger partial charge in [0.05, 0.1) is 23.3 Å². The first-order valence-corrected chi connectivity index (χ1v) is 15.2. The average Bonchev–Trinajstić information content (AvgIpc) is 3.01. The molecule has 2 aromatic carbocycles. The molecule has 2 atom stereocenters. The SMILES string of the molecule is CC(=O)N1CCC(C(=O)N2CCC(N(C)C(=O)c3ccc(N4CCOCC4)cc3)[C@H](c3ccc(Cl)c(Cl)c3)C2)CC1. The van der Waals surface area contributed by atoms with Gasteiger partial charge >= 0.3 is 0 Å². The Morgan fingerprint density at radius 2 is 1.51 bits per heavy atom. The average molecular weight is 602 g/mol. The third kappa shape index (κ3) is 6.65. The highest BCUT2D eigenvalue weighted by Gasteiger charge is 2.39. The minimum absolute atomic E-state index is 0.0510. The minimum atomic E-state index is -0.124. The van der Waals surface area contributed by atoms with Crippen LogP contribution in [0.25, 0.3) is 0 Å². The fraction of sp³-hybridized carbons (Fsp3) is 0.516. The highest BCUT2D eigenvalue weighted by molar-refractivity contribution is 6.42. The van der Waals surface area contributed by atoms with Crippen LogP contribution in [0, 0.1) is 5.92 Å². The maximum absolute atomic E-state index is 13.7. The maximum atomic E-state index is 13.7. The highest BCUT2D eigenvalue weighted by atomic mass is 35.5. The summed E-state index contributed by atoms with van der Waals surface area (Å²) >= 11 is 12.7. The molecule has 41 heavy (non-hydrogen) atoms. The van der Waals surface area contributed by atoms with Crippen LogP contribution in [0.15, 0.2) is 42.5 Å². The van der Waals surface area contributed by atoms with Crippen molar-refractivity contribution in [3.05, 3.63) is 63.6 Å². The number of likely N-dealkylation sites (tertiary alicyclic amines) is 2. The van der Waals surface area contributed by atoms with Gasteiger partial charge in [-0.1, -0.05) is 29.3 Å². The molecule has 0 bridgehead atoms. The van der Waals surface area contributed by atoms with E-state index < -0.39 is 0 Å². The quantitative estimate of drug-likeness (QED) is 0.503. The number of amides is 3. The summed E-state index contributed by atoms with van der Waals surface area (Å²) < 4.78 is 5.45. The molecule has 0 spiro atoms. The number of piperidine rings is 2. The summed E-state index contributed by atoms with van der Waals surface area (Å²) in [6.45, 7) is 6.95. The number of nitrogens with zero attached hydrogens (tertiary/aromatic N) is 4. The van der Waals surface area contributed by atoms with Gasteiger partial charge in [0.25, 0.3) is 5.91 Å². The van der Waals surface area contributed by atoms with E-state index in [0.29, 0.717) is 74.3 Å². The number of likely N-dealkylation sites (N-methyl/N-ethyl adjacent to an activating group) is 1. The molecular formula is C31H38Cl2N4O4. The molecule has 0 radical (unpaired) electrons. The Morgan fingerprint density at radius 1 is 0.854 bits per heavy atom. The van der Waals surface area contributed by atoms with Crippen molar-refractivity contribution in [2.24, 2.45) is 5.92 Å². The Balaban J connectivity index is 1.32. The van der Waals surface area contributed by atoms with Crippen molar-refractivity contribution in [1.29, 1.82) is 0 Å². The molecule has 0 aliphatic carbocycles. The number of hydrogen-bond donors (Lipinski definition) is 0. The summed E-state index contributed by atoms with van der Waals surface area (Å²) in [5, 5.41) is 0.924. The lowest BCUT2D eigenvalue weighted by Gasteiger charge is -2.44. The van der Waals surface area contributed by atoms with Crippen molar-refractivity contribution in [2.45, 2.75) is 38.1 Å². The van der Waals surface area contributed by atoms with Crippen molar-refractivity contribution < 1.29 is 19.1 Å². The Labute approximate surface area is 252 Å². The summed E-state index contributed by atoms with van der Waals surface area (Å²) in [7, 11) is 1.85. The molecule has 0 aromatic heterocycles. The second-order valence-corrected chi connectivity index (χ2v) is 12.1. The molecule has 3 aliphatic heterocycles. The van der Waals surface area contributed by atoms with Crippen LogP contribution in [-0.4, -0.2) is 98.0 Å². The van der Waals surface area contributed by atoms with Gasteiger partial charge in [-0.25, -0.2) is 0 Å². The highest BCUT2D eigenvalue weighted by Crippen LogP contribution is 2.36. The van der Waals surface area contributed by atoms with Gasteiger partial charge in [0.15, 0.2) is 0 Å². The van der Waals surface area contributed by atoms with Gasteiger partial charge in [-0.3, -0.25) is 14.4 Å². The Morgan fingerprint density at radius 3 is 2.15 bits per heavy atom. The summed E-state index contributed by atoms with van der Waals surface area (Å²) in [4.78, 5) is 46.9. The molecule has 220 valence electrons. The second kappa shape index (κ2) is 13.0. The molecule has 3 amide bonds. The van der Waals surface area contributed by atoms with Crippen molar-refractivity contribution in [3.63, 3.8) is 0 Å². The smallest absolute Gasteiger partial charge is 0.253 e. The van der Waals surface area contributed by atoms with Crippen LogP contribution in [0.3, 0.4) is 0 Å². The van der Waals surface area contributed by atoms with Crippen molar-refractivity contribution in [1.82, 2.24) is 14.7 Å². The lowest BCUT2D eigenvalue weighted by molar-refractivity contribution is -0.141. The molecule has 8 nitrogen and oxygen atoms in total. The lowest BCUT2D eigenvalue weighted by Crippen LogP contribution is -2.53. The van der Waals surface area contributed by atoms with Crippen LogP contribution >= 0.6 is 23.2 Å². The van der Waals surface area contributed by atoms with Crippen LogP contribution in [0.5, 0.6) is 0 Å². The topological polar surface area (TPSA) is 73.4 Å². The zero-order valence-electron chi connectivity index (χ0n) is 23.7. The van der Waals surface area contributed by atoms with E-state index >= 15 is 0 Å². The van der Waals surface area contributed by atoms with Crippen LogP contribution in [0.2, 0.25) is 10.0 Å². The van der Waals surface area contributed by atoms with Gasteiger partial charge in [-0.2, -0.15) is 0 Å². The first kappa shape index (κ1) is 29.7. The predicted molar refractivity (Wildman–Crippen MR) is 161 cm³/mol. The molecule has 3 heterocycles. The molecule has 0 saturated carbocycles. The summed E-state index contributed by atoms with van der Waals surface area (Å²) in [5.41, 5.74) is 2.67. The number of anilines is 1. The van der Waals surface area contributed by atoms with E-state index in [9.17, 15) is 14.4 Å². The number of halogens is 2. The Bertz CT molecular complexity index is 1260. The van der Waals surface area contributed by atoms with E-state index in [1.165, 1.54) is 0 Å². The molecule has 3 aliphatic rings. The van der Waals surface area contributed by atoms with E-state index in [1.54, 1.807) is 13.0 Å². The monoisotopic (exact) mass is 600 g/mol. The van der Waals surface area contributed by atoms with Gasteiger partial charge in [0.1, 0.15) is 0 Å². The predicted octanol–water partition coefficient (Wildman–Crippen LogP) is 4.55. The van der Waals surface area contributed by atoms with Gasteiger partial charge in [0, 0.05) is 82.4 Å². The van der Waals surface area contributed by atoms with Crippen LogP contribution < -0.4 is 4.90 Å². The van der Waals surface area contributed by atoms with Crippen molar-refractivity contribution in [3.8, 4) is 0 Å². The largest absolute Gasteiger partial charge is 0.378 e. The number of ether oxygens (including phenoxy) is 1. The number of carbonyl (C=O) groups is 3. The lowest BCUT2D eigenvalue weighted by atomic mass is 9.83. The fourth-order valence-corrected chi connectivity index (χ4v) is 6.67. The molecule has 3 fully saturated rings. The first-order chi connectivity index (χ1) is 19.7.